The largest absolute Gasteiger partial charge is 0.548 e. The number of amides is 1. The highest BCUT2D eigenvalue weighted by molar-refractivity contribution is 5.83. The molecule has 0 bridgehead atoms. The van der Waals surface area contributed by atoms with Gasteiger partial charge in [0.2, 0.25) is 0 Å². The Morgan fingerprint density at radius 2 is 1.90 bits per heavy atom. The van der Waals surface area contributed by atoms with Gasteiger partial charge in [-0.15, -0.1) is 0 Å². The van der Waals surface area contributed by atoms with Crippen molar-refractivity contribution >= 4 is 12.1 Å². The molecule has 1 aliphatic rings. The van der Waals surface area contributed by atoms with E-state index in [2.05, 4.69) is 5.32 Å². The van der Waals surface area contributed by atoms with Crippen LogP contribution in [-0.4, -0.2) is 30.8 Å². The highest BCUT2D eigenvalue weighted by Crippen LogP contribution is 2.20. The average molecular weight is 278 g/mol. The van der Waals surface area contributed by atoms with Gasteiger partial charge in [-0.25, -0.2) is 4.79 Å². The summed E-state index contributed by atoms with van der Waals surface area (Å²) in [6.07, 6.45) is -0.411. The van der Waals surface area contributed by atoms with Crippen molar-refractivity contribution in [2.75, 3.05) is 13.2 Å². The molecule has 1 heterocycles. The molecule has 0 spiro atoms. The summed E-state index contributed by atoms with van der Waals surface area (Å²) >= 11 is 0. The molecule has 0 aromatic heterocycles. The number of hydrogen-bond donors (Lipinski definition) is 1. The second-order valence-electron chi connectivity index (χ2n) is 4.67. The van der Waals surface area contributed by atoms with Crippen LogP contribution in [0, 0.1) is 0 Å². The van der Waals surface area contributed by atoms with Crippen molar-refractivity contribution in [3.05, 3.63) is 35.9 Å². The van der Waals surface area contributed by atoms with E-state index in [0.717, 1.165) is 5.56 Å². The van der Waals surface area contributed by atoms with Gasteiger partial charge in [-0.05, 0) is 18.4 Å². The predicted molar refractivity (Wildman–Crippen MR) is 67.6 cm³/mol. The monoisotopic (exact) mass is 278 g/mol. The summed E-state index contributed by atoms with van der Waals surface area (Å²) < 4.78 is 10.1. The number of rotatable bonds is 4. The number of carboxylic acid groups (broad SMARTS) is 1. The van der Waals surface area contributed by atoms with Gasteiger partial charge in [0.1, 0.15) is 6.61 Å². The van der Waals surface area contributed by atoms with Gasteiger partial charge >= 0.3 is 6.09 Å². The highest BCUT2D eigenvalue weighted by Gasteiger charge is 2.36. The molecule has 1 aromatic carbocycles. The molecule has 20 heavy (non-hydrogen) atoms. The number of aliphatic carboxylic acids is 1. The van der Waals surface area contributed by atoms with E-state index < -0.39 is 17.6 Å². The van der Waals surface area contributed by atoms with Gasteiger partial charge in [0.25, 0.3) is 0 Å². The fourth-order valence-corrected chi connectivity index (χ4v) is 2.05. The zero-order chi connectivity index (χ0) is 14.4. The maximum Gasteiger partial charge on any atom is 0.408 e. The van der Waals surface area contributed by atoms with Crippen molar-refractivity contribution in [2.24, 2.45) is 0 Å². The van der Waals surface area contributed by atoms with E-state index in [1.807, 2.05) is 30.3 Å². The van der Waals surface area contributed by atoms with Crippen molar-refractivity contribution in [2.45, 2.75) is 25.0 Å². The molecule has 6 nitrogen and oxygen atoms in total. The van der Waals surface area contributed by atoms with Crippen LogP contribution in [0.1, 0.15) is 18.4 Å². The zero-order valence-electron chi connectivity index (χ0n) is 11.0. The molecule has 0 saturated carbocycles. The molecule has 1 aliphatic heterocycles. The lowest BCUT2D eigenvalue weighted by Crippen LogP contribution is -2.62. The van der Waals surface area contributed by atoms with Gasteiger partial charge < -0.3 is 24.7 Å². The van der Waals surface area contributed by atoms with E-state index in [1.54, 1.807) is 0 Å². The lowest BCUT2D eigenvalue weighted by atomic mass is 9.90. The molecular formula is C14H16NO5-. The molecule has 0 radical (unpaired) electrons. The van der Waals surface area contributed by atoms with Crippen molar-refractivity contribution in [1.29, 1.82) is 0 Å². The van der Waals surface area contributed by atoms with Gasteiger partial charge in [0.05, 0.1) is 11.5 Å². The minimum absolute atomic E-state index is 0.0896. The highest BCUT2D eigenvalue weighted by atomic mass is 16.5. The third-order valence-corrected chi connectivity index (χ3v) is 3.29. The van der Waals surface area contributed by atoms with Gasteiger partial charge in [0.15, 0.2) is 0 Å². The quantitative estimate of drug-likeness (QED) is 0.850. The summed E-state index contributed by atoms with van der Waals surface area (Å²) in [5.74, 6) is -1.31. The summed E-state index contributed by atoms with van der Waals surface area (Å²) in [7, 11) is 0. The van der Waals surface area contributed by atoms with Crippen LogP contribution in [0.25, 0.3) is 0 Å². The average Bonchev–Trinajstić information content (AvgIpc) is 2.47. The lowest BCUT2D eigenvalue weighted by Gasteiger charge is -2.38. The normalized spacial score (nSPS) is 17.2. The third-order valence-electron chi connectivity index (χ3n) is 3.29. The summed E-state index contributed by atoms with van der Waals surface area (Å²) in [6.45, 7) is 0.631. The number of benzene rings is 1. The summed E-state index contributed by atoms with van der Waals surface area (Å²) in [6, 6.07) is 9.15. The molecule has 0 atom stereocenters. The Labute approximate surface area is 116 Å². The summed E-state index contributed by atoms with van der Waals surface area (Å²) in [5.41, 5.74) is -0.566. The smallest absolute Gasteiger partial charge is 0.408 e. The van der Waals surface area contributed by atoms with Crippen LogP contribution in [0.3, 0.4) is 0 Å². The molecule has 1 amide bonds. The van der Waals surface area contributed by atoms with E-state index in [0.29, 0.717) is 0 Å². The van der Waals surface area contributed by atoms with E-state index in [-0.39, 0.29) is 32.7 Å². The Bertz CT molecular complexity index is 468. The Hall–Kier alpha value is -2.08. The van der Waals surface area contributed by atoms with Crippen molar-refractivity contribution in [1.82, 2.24) is 5.32 Å². The predicted octanol–water partition coefficient (Wildman–Crippen LogP) is 0.212. The molecule has 0 unspecified atom stereocenters. The first-order valence-corrected chi connectivity index (χ1v) is 6.40. The first-order valence-electron chi connectivity index (χ1n) is 6.40. The number of hydrogen-bond acceptors (Lipinski definition) is 5. The minimum atomic E-state index is -1.40. The molecular weight excluding hydrogens is 262 g/mol. The Kier molecular flexibility index (Phi) is 4.57. The number of carbonyl (C=O) groups is 2. The molecule has 2 rings (SSSR count). The second-order valence-corrected chi connectivity index (χ2v) is 4.67. The van der Waals surface area contributed by atoms with Gasteiger partial charge in [0, 0.05) is 13.2 Å². The molecule has 0 aliphatic carbocycles. The standard InChI is InChI=1S/C14H17NO5/c16-12(17)14(6-8-19-9-7-14)15-13(18)20-10-11-4-2-1-3-5-11/h1-5H,6-10H2,(H,15,18)(H,16,17)/p-1. The molecule has 1 saturated heterocycles. The number of carboxylic acids is 1. The third kappa shape index (κ3) is 3.48. The van der Waals surface area contributed by atoms with E-state index in [4.69, 9.17) is 9.47 Å². The number of alkyl carbamates (subject to hydrolysis) is 1. The molecule has 1 N–H and O–H groups in total. The second kappa shape index (κ2) is 6.38. The molecule has 1 aromatic rings. The Morgan fingerprint density at radius 1 is 1.25 bits per heavy atom. The van der Waals surface area contributed by atoms with E-state index in [1.165, 1.54) is 0 Å². The van der Waals surface area contributed by atoms with E-state index in [9.17, 15) is 14.7 Å². The Morgan fingerprint density at radius 3 is 2.50 bits per heavy atom. The van der Waals surface area contributed by atoms with Crippen molar-refractivity contribution < 1.29 is 24.2 Å². The van der Waals surface area contributed by atoms with Gasteiger partial charge in [-0.3, -0.25) is 0 Å². The van der Waals surface area contributed by atoms with Crippen LogP contribution >= 0.6 is 0 Å². The number of carbonyl (C=O) groups excluding carboxylic acids is 2. The molecule has 1 fully saturated rings. The fourth-order valence-electron chi connectivity index (χ4n) is 2.05. The SMILES string of the molecule is O=C(NC1(C(=O)[O-])CCOCC1)OCc1ccccc1. The fraction of sp³-hybridized carbons (Fsp3) is 0.429. The molecule has 6 heteroatoms. The van der Waals surface area contributed by atoms with Crippen LogP contribution in [0.2, 0.25) is 0 Å². The molecule has 108 valence electrons. The maximum absolute atomic E-state index is 11.7. The zero-order valence-corrected chi connectivity index (χ0v) is 11.0. The summed E-state index contributed by atoms with van der Waals surface area (Å²) in [4.78, 5) is 23.0. The minimum Gasteiger partial charge on any atom is -0.548 e. The first kappa shape index (κ1) is 14.3. The van der Waals surface area contributed by atoms with Crippen LogP contribution in [0.4, 0.5) is 4.79 Å². The van der Waals surface area contributed by atoms with Crippen molar-refractivity contribution in [3.63, 3.8) is 0 Å². The Balaban J connectivity index is 1.90. The van der Waals surface area contributed by atoms with Gasteiger partial charge in [-0.2, -0.15) is 0 Å². The number of nitrogens with one attached hydrogen (secondary N) is 1. The maximum atomic E-state index is 11.7. The lowest BCUT2D eigenvalue weighted by molar-refractivity contribution is -0.316. The van der Waals surface area contributed by atoms with Crippen LogP contribution in [0.5, 0.6) is 0 Å². The van der Waals surface area contributed by atoms with Crippen LogP contribution in [-0.2, 0) is 20.9 Å². The number of ether oxygens (including phenoxy) is 2. The summed E-state index contributed by atoms with van der Waals surface area (Å²) in [5, 5.41) is 13.6. The van der Waals surface area contributed by atoms with Crippen LogP contribution in [0.15, 0.2) is 30.3 Å². The van der Waals surface area contributed by atoms with E-state index >= 15 is 0 Å². The van der Waals surface area contributed by atoms with Crippen LogP contribution < -0.4 is 10.4 Å². The topological polar surface area (TPSA) is 87.7 Å². The van der Waals surface area contributed by atoms with Gasteiger partial charge in [-0.1, -0.05) is 30.3 Å². The van der Waals surface area contributed by atoms with Crippen molar-refractivity contribution in [3.8, 4) is 0 Å². The first-order chi connectivity index (χ1) is 9.62.